The van der Waals surface area contributed by atoms with Crippen LogP contribution in [0.2, 0.25) is 0 Å². The first-order valence-electron chi connectivity index (χ1n) is 6.80. The average molecular weight is 312 g/mol. The highest BCUT2D eigenvalue weighted by atomic mass is 16.5. The van der Waals surface area contributed by atoms with E-state index in [2.05, 4.69) is 15.0 Å². The molecule has 0 spiro atoms. The summed E-state index contributed by atoms with van der Waals surface area (Å²) in [4.78, 5) is 27.1. The number of pyridine rings is 1. The van der Waals surface area contributed by atoms with Crippen molar-refractivity contribution in [2.45, 2.75) is 0 Å². The number of hydrogen-bond donors (Lipinski definition) is 1. The molecule has 0 saturated carbocycles. The van der Waals surface area contributed by atoms with Gasteiger partial charge in [0.1, 0.15) is 11.6 Å². The number of nitrogens with zero attached hydrogens (tertiary/aromatic N) is 1. The SMILES string of the molecule is COC(=O)c1ccc(NC(=O)/C=C/c2cccc(OC)c2)nc1. The maximum atomic E-state index is 11.9. The Balaban J connectivity index is 1.98. The van der Waals surface area contributed by atoms with Crippen molar-refractivity contribution in [2.75, 3.05) is 19.5 Å². The van der Waals surface area contributed by atoms with Crippen molar-refractivity contribution in [3.63, 3.8) is 0 Å². The number of esters is 1. The molecule has 1 aromatic heterocycles. The molecular weight excluding hydrogens is 296 g/mol. The Morgan fingerprint density at radius 1 is 1.17 bits per heavy atom. The van der Waals surface area contributed by atoms with E-state index in [1.54, 1.807) is 13.2 Å². The minimum Gasteiger partial charge on any atom is -0.497 e. The van der Waals surface area contributed by atoms with Crippen molar-refractivity contribution in [2.24, 2.45) is 0 Å². The second-order valence-corrected chi connectivity index (χ2v) is 4.52. The summed E-state index contributed by atoms with van der Waals surface area (Å²) in [6.07, 6.45) is 4.40. The largest absolute Gasteiger partial charge is 0.497 e. The summed E-state index contributed by atoms with van der Waals surface area (Å²) in [7, 11) is 2.88. The van der Waals surface area contributed by atoms with Gasteiger partial charge in [0.15, 0.2) is 0 Å². The molecule has 0 fully saturated rings. The Kier molecular flexibility index (Phi) is 5.46. The van der Waals surface area contributed by atoms with E-state index in [0.717, 1.165) is 5.56 Å². The van der Waals surface area contributed by atoms with Crippen LogP contribution in [0, 0.1) is 0 Å². The number of benzene rings is 1. The molecule has 0 aliphatic carbocycles. The van der Waals surface area contributed by atoms with Crippen molar-refractivity contribution in [3.8, 4) is 5.75 Å². The highest BCUT2D eigenvalue weighted by Gasteiger charge is 2.06. The Morgan fingerprint density at radius 2 is 2.00 bits per heavy atom. The zero-order valence-electron chi connectivity index (χ0n) is 12.8. The molecule has 0 aliphatic heterocycles. The molecule has 6 heteroatoms. The Bertz CT molecular complexity index is 724. The van der Waals surface area contributed by atoms with Crippen LogP contribution < -0.4 is 10.1 Å². The predicted octanol–water partition coefficient (Wildman–Crippen LogP) is 2.53. The van der Waals surface area contributed by atoms with Crippen molar-refractivity contribution in [1.82, 2.24) is 4.98 Å². The van der Waals surface area contributed by atoms with Gasteiger partial charge in [-0.15, -0.1) is 0 Å². The molecule has 6 nitrogen and oxygen atoms in total. The lowest BCUT2D eigenvalue weighted by molar-refractivity contribution is -0.111. The zero-order valence-corrected chi connectivity index (χ0v) is 12.8. The van der Waals surface area contributed by atoms with E-state index >= 15 is 0 Å². The van der Waals surface area contributed by atoms with Crippen LogP contribution in [0.5, 0.6) is 5.75 Å². The maximum absolute atomic E-state index is 11.9. The zero-order chi connectivity index (χ0) is 16.7. The Morgan fingerprint density at radius 3 is 2.65 bits per heavy atom. The fourth-order valence-electron chi connectivity index (χ4n) is 1.79. The highest BCUT2D eigenvalue weighted by Crippen LogP contribution is 2.13. The minimum absolute atomic E-state index is 0.317. The summed E-state index contributed by atoms with van der Waals surface area (Å²) in [5, 5.41) is 2.60. The molecule has 0 saturated heterocycles. The molecule has 0 bridgehead atoms. The summed E-state index contributed by atoms with van der Waals surface area (Å²) in [5.74, 6) is 0.255. The number of rotatable bonds is 5. The smallest absolute Gasteiger partial charge is 0.339 e. The fourth-order valence-corrected chi connectivity index (χ4v) is 1.79. The van der Waals surface area contributed by atoms with Gasteiger partial charge in [0.05, 0.1) is 19.8 Å². The molecule has 1 aromatic carbocycles. The first kappa shape index (κ1) is 16.2. The van der Waals surface area contributed by atoms with E-state index in [4.69, 9.17) is 4.74 Å². The highest BCUT2D eigenvalue weighted by molar-refractivity contribution is 6.01. The predicted molar refractivity (Wildman–Crippen MR) is 86.2 cm³/mol. The third kappa shape index (κ3) is 4.67. The van der Waals surface area contributed by atoms with Gasteiger partial charge in [-0.3, -0.25) is 4.79 Å². The minimum atomic E-state index is -0.478. The first-order valence-corrected chi connectivity index (χ1v) is 6.80. The van der Waals surface area contributed by atoms with Crippen LogP contribution in [0.3, 0.4) is 0 Å². The number of anilines is 1. The van der Waals surface area contributed by atoms with Crippen LogP contribution in [-0.2, 0) is 9.53 Å². The van der Waals surface area contributed by atoms with Crippen LogP contribution in [0.25, 0.3) is 6.08 Å². The lowest BCUT2D eigenvalue weighted by Gasteiger charge is -2.03. The molecule has 1 N–H and O–H groups in total. The van der Waals surface area contributed by atoms with E-state index in [0.29, 0.717) is 17.1 Å². The van der Waals surface area contributed by atoms with Gasteiger partial charge < -0.3 is 14.8 Å². The van der Waals surface area contributed by atoms with Crippen molar-refractivity contribution < 1.29 is 19.1 Å². The van der Waals surface area contributed by atoms with Crippen molar-refractivity contribution in [1.29, 1.82) is 0 Å². The molecule has 0 atom stereocenters. The molecule has 2 rings (SSSR count). The van der Waals surface area contributed by atoms with E-state index in [-0.39, 0.29) is 5.91 Å². The van der Waals surface area contributed by atoms with Gasteiger partial charge in [0.2, 0.25) is 5.91 Å². The number of hydrogen-bond acceptors (Lipinski definition) is 5. The number of methoxy groups -OCH3 is 2. The monoisotopic (exact) mass is 312 g/mol. The lowest BCUT2D eigenvalue weighted by atomic mass is 10.2. The Hall–Kier alpha value is -3.15. The summed E-state index contributed by atoms with van der Waals surface area (Å²) < 4.78 is 9.69. The van der Waals surface area contributed by atoms with Gasteiger partial charge in [0.25, 0.3) is 0 Å². The summed E-state index contributed by atoms with van der Waals surface area (Å²) in [6, 6.07) is 10.4. The number of ether oxygens (including phenoxy) is 2. The van der Waals surface area contributed by atoms with Crippen molar-refractivity contribution >= 4 is 23.8 Å². The van der Waals surface area contributed by atoms with Gasteiger partial charge in [-0.1, -0.05) is 12.1 Å². The number of amides is 1. The maximum Gasteiger partial charge on any atom is 0.339 e. The topological polar surface area (TPSA) is 77.5 Å². The molecule has 0 radical (unpaired) electrons. The summed E-state index contributed by atoms with van der Waals surface area (Å²) in [6.45, 7) is 0. The van der Waals surface area contributed by atoms with Crippen LogP contribution >= 0.6 is 0 Å². The number of nitrogens with one attached hydrogen (secondary N) is 1. The van der Waals surface area contributed by atoms with Gasteiger partial charge in [-0.2, -0.15) is 0 Å². The summed E-state index contributed by atoms with van der Waals surface area (Å²) >= 11 is 0. The van der Waals surface area contributed by atoms with Gasteiger partial charge in [-0.25, -0.2) is 9.78 Å². The van der Waals surface area contributed by atoms with Crippen LogP contribution in [0.4, 0.5) is 5.82 Å². The van der Waals surface area contributed by atoms with E-state index in [9.17, 15) is 9.59 Å². The number of aromatic nitrogens is 1. The molecule has 118 valence electrons. The van der Waals surface area contributed by atoms with Crippen molar-refractivity contribution in [3.05, 3.63) is 59.8 Å². The first-order chi connectivity index (χ1) is 11.1. The standard InChI is InChI=1S/C17H16N2O4/c1-22-14-5-3-4-12(10-14)6-9-16(20)19-15-8-7-13(11-18-15)17(21)23-2/h3-11H,1-2H3,(H,18,19,20)/b9-6+. The third-order valence-corrected chi connectivity index (χ3v) is 2.96. The molecule has 1 heterocycles. The van der Waals surface area contributed by atoms with Gasteiger partial charge in [-0.05, 0) is 35.9 Å². The van der Waals surface area contributed by atoms with Gasteiger partial charge in [0, 0.05) is 12.3 Å². The molecule has 0 unspecified atom stereocenters. The second kappa shape index (κ2) is 7.74. The number of carbonyl (C=O) groups is 2. The van der Waals surface area contributed by atoms with Crippen LogP contribution in [0.15, 0.2) is 48.7 Å². The second-order valence-electron chi connectivity index (χ2n) is 4.52. The average Bonchev–Trinajstić information content (AvgIpc) is 2.60. The van der Waals surface area contributed by atoms with Gasteiger partial charge >= 0.3 is 5.97 Å². The van der Waals surface area contributed by atoms with E-state index < -0.39 is 5.97 Å². The molecule has 23 heavy (non-hydrogen) atoms. The molecule has 1 amide bonds. The Labute approximate surface area is 133 Å². The normalized spacial score (nSPS) is 10.3. The van der Waals surface area contributed by atoms with Crippen LogP contribution in [0.1, 0.15) is 15.9 Å². The quantitative estimate of drug-likeness (QED) is 0.678. The molecular formula is C17H16N2O4. The summed E-state index contributed by atoms with van der Waals surface area (Å²) in [5.41, 5.74) is 1.16. The number of carbonyl (C=O) groups excluding carboxylic acids is 2. The third-order valence-electron chi connectivity index (χ3n) is 2.96. The lowest BCUT2D eigenvalue weighted by Crippen LogP contribution is -2.10. The molecule has 0 aliphatic rings. The van der Waals surface area contributed by atoms with Crippen LogP contribution in [-0.4, -0.2) is 31.1 Å². The fraction of sp³-hybridized carbons (Fsp3) is 0.118. The van der Waals surface area contributed by atoms with E-state index in [1.807, 2.05) is 24.3 Å². The van der Waals surface area contributed by atoms with E-state index in [1.165, 1.54) is 31.5 Å². The molecule has 2 aromatic rings.